The summed E-state index contributed by atoms with van der Waals surface area (Å²) in [6, 6.07) is 3.25. The number of carbonyl (C=O) groups excluding carboxylic acids is 2. The lowest BCUT2D eigenvalue weighted by atomic mass is 10.2. The first-order valence-electron chi connectivity index (χ1n) is 7.78. The van der Waals surface area contributed by atoms with Crippen molar-refractivity contribution in [2.45, 2.75) is 6.92 Å². The van der Waals surface area contributed by atoms with E-state index in [1.807, 2.05) is 0 Å². The van der Waals surface area contributed by atoms with Crippen LogP contribution in [0.15, 0.2) is 35.2 Å². The van der Waals surface area contributed by atoms with Crippen LogP contribution in [0.4, 0.5) is 11.5 Å². The molecule has 0 atom stereocenters. The summed E-state index contributed by atoms with van der Waals surface area (Å²) in [6.45, 7) is 2.24. The molecule has 26 heavy (non-hydrogen) atoms. The number of nitrogens with zero attached hydrogens (tertiary/aromatic N) is 4. The molecule has 0 spiro atoms. The number of aryl methyl sites for hydroxylation is 1. The predicted octanol–water partition coefficient (Wildman–Crippen LogP) is 1.05. The molecule has 0 fully saturated rings. The zero-order chi connectivity index (χ0) is 18.7. The van der Waals surface area contributed by atoms with Crippen LogP contribution in [0.1, 0.15) is 27.9 Å². The number of aromatic nitrogens is 4. The molecule has 10 heteroatoms. The SMILES string of the molecule is CCNC(=O)c1nn(C)cc1NC(=O)c1coc(-c2ccnc(N)c2)n1. The first kappa shape index (κ1) is 17.1. The van der Waals surface area contributed by atoms with Crippen LogP contribution in [-0.4, -0.2) is 38.1 Å². The van der Waals surface area contributed by atoms with Crippen molar-refractivity contribution in [3.63, 3.8) is 0 Å². The van der Waals surface area contributed by atoms with E-state index in [1.54, 1.807) is 26.1 Å². The van der Waals surface area contributed by atoms with Crippen molar-refractivity contribution in [2.24, 2.45) is 7.05 Å². The molecule has 3 rings (SSSR count). The molecule has 4 N–H and O–H groups in total. The molecule has 0 aromatic carbocycles. The summed E-state index contributed by atoms with van der Waals surface area (Å²) >= 11 is 0. The van der Waals surface area contributed by atoms with Gasteiger partial charge in [-0.3, -0.25) is 14.3 Å². The summed E-state index contributed by atoms with van der Waals surface area (Å²) in [4.78, 5) is 32.5. The van der Waals surface area contributed by atoms with Gasteiger partial charge in [0.25, 0.3) is 11.8 Å². The van der Waals surface area contributed by atoms with Crippen LogP contribution in [-0.2, 0) is 7.05 Å². The molecule has 0 aliphatic heterocycles. The molecule has 3 aromatic rings. The van der Waals surface area contributed by atoms with E-state index in [1.165, 1.54) is 23.3 Å². The van der Waals surface area contributed by atoms with Crippen molar-refractivity contribution in [2.75, 3.05) is 17.6 Å². The molecule has 3 aromatic heterocycles. The number of hydrogen-bond acceptors (Lipinski definition) is 7. The molecule has 0 unspecified atom stereocenters. The molecule has 3 heterocycles. The summed E-state index contributed by atoms with van der Waals surface area (Å²) in [5.74, 6) is -0.356. The molecule has 2 amide bonds. The highest BCUT2D eigenvalue weighted by atomic mass is 16.3. The van der Waals surface area contributed by atoms with Crippen LogP contribution in [0, 0.1) is 0 Å². The van der Waals surface area contributed by atoms with Gasteiger partial charge in [0.2, 0.25) is 5.89 Å². The number of carbonyl (C=O) groups is 2. The van der Waals surface area contributed by atoms with Gasteiger partial charge >= 0.3 is 0 Å². The van der Waals surface area contributed by atoms with Crippen molar-refractivity contribution in [1.29, 1.82) is 0 Å². The fourth-order valence-electron chi connectivity index (χ4n) is 2.27. The largest absolute Gasteiger partial charge is 0.444 e. The monoisotopic (exact) mass is 355 g/mol. The number of pyridine rings is 1. The van der Waals surface area contributed by atoms with Crippen molar-refractivity contribution < 1.29 is 14.0 Å². The van der Waals surface area contributed by atoms with Crippen molar-refractivity contribution in [3.05, 3.63) is 42.2 Å². The minimum absolute atomic E-state index is 0.0566. The van der Waals surface area contributed by atoms with Gasteiger partial charge in [0, 0.05) is 31.5 Å². The number of nitrogens with one attached hydrogen (secondary N) is 2. The number of nitrogens with two attached hydrogens (primary N) is 1. The van der Waals surface area contributed by atoms with Crippen molar-refractivity contribution in [1.82, 2.24) is 25.1 Å². The zero-order valence-corrected chi connectivity index (χ0v) is 14.2. The second kappa shape index (κ2) is 7.05. The topological polar surface area (TPSA) is 141 Å². The fraction of sp³-hybridized carbons (Fsp3) is 0.188. The van der Waals surface area contributed by atoms with Gasteiger partial charge in [0.15, 0.2) is 11.4 Å². The number of hydrogen-bond donors (Lipinski definition) is 3. The van der Waals surface area contributed by atoms with E-state index in [0.717, 1.165) is 0 Å². The standard InChI is InChI=1S/C16H17N7O3/c1-3-18-15(25)13-10(7-23(2)22-13)20-14(24)11-8-26-16(21-11)9-4-5-19-12(17)6-9/h4-8H,3H2,1-2H3,(H2,17,19)(H,18,25)(H,20,24). The quantitative estimate of drug-likeness (QED) is 0.621. The lowest BCUT2D eigenvalue weighted by molar-refractivity contribution is 0.0951. The third-order valence-corrected chi connectivity index (χ3v) is 3.39. The van der Waals surface area contributed by atoms with Gasteiger partial charge in [-0.1, -0.05) is 0 Å². The predicted molar refractivity (Wildman–Crippen MR) is 93.3 cm³/mol. The molecule has 0 aliphatic carbocycles. The van der Waals surface area contributed by atoms with Crippen LogP contribution in [0.2, 0.25) is 0 Å². The summed E-state index contributed by atoms with van der Waals surface area (Å²) in [5.41, 5.74) is 6.68. The number of amides is 2. The molecule has 0 bridgehead atoms. The van der Waals surface area contributed by atoms with Crippen molar-refractivity contribution in [3.8, 4) is 11.5 Å². The smallest absolute Gasteiger partial charge is 0.277 e. The maximum Gasteiger partial charge on any atom is 0.277 e. The number of anilines is 2. The highest BCUT2D eigenvalue weighted by Crippen LogP contribution is 2.20. The van der Waals surface area contributed by atoms with Crippen LogP contribution >= 0.6 is 0 Å². The van der Waals surface area contributed by atoms with E-state index < -0.39 is 5.91 Å². The van der Waals surface area contributed by atoms with E-state index in [9.17, 15) is 9.59 Å². The van der Waals surface area contributed by atoms with Crippen LogP contribution in [0.3, 0.4) is 0 Å². The molecule has 0 radical (unpaired) electrons. The Kier molecular flexibility index (Phi) is 4.65. The molecular formula is C16H17N7O3. The second-order valence-corrected chi connectivity index (χ2v) is 5.39. The highest BCUT2D eigenvalue weighted by Gasteiger charge is 2.20. The Morgan fingerprint density at radius 1 is 1.35 bits per heavy atom. The van der Waals surface area contributed by atoms with E-state index in [-0.39, 0.29) is 28.9 Å². The summed E-state index contributed by atoms with van der Waals surface area (Å²) < 4.78 is 6.77. The average molecular weight is 355 g/mol. The Hall–Kier alpha value is -3.69. The van der Waals surface area contributed by atoms with Gasteiger partial charge < -0.3 is 20.8 Å². The molecule has 0 saturated heterocycles. The second-order valence-electron chi connectivity index (χ2n) is 5.39. The molecular weight excluding hydrogens is 338 g/mol. The molecule has 10 nitrogen and oxygen atoms in total. The minimum atomic E-state index is -0.527. The average Bonchev–Trinajstić information content (AvgIpc) is 3.22. The van der Waals surface area contributed by atoms with Gasteiger partial charge in [-0.2, -0.15) is 5.10 Å². The zero-order valence-electron chi connectivity index (χ0n) is 14.2. The molecule has 134 valence electrons. The molecule has 0 saturated carbocycles. The maximum absolute atomic E-state index is 12.4. The van der Waals surface area contributed by atoms with Crippen LogP contribution in [0.5, 0.6) is 0 Å². The Morgan fingerprint density at radius 2 is 2.15 bits per heavy atom. The number of oxazole rings is 1. The van der Waals surface area contributed by atoms with Gasteiger partial charge in [-0.15, -0.1) is 0 Å². The Balaban J connectivity index is 1.80. The highest BCUT2D eigenvalue weighted by molar-refractivity contribution is 6.07. The van der Waals surface area contributed by atoms with Crippen LogP contribution in [0.25, 0.3) is 11.5 Å². The number of rotatable bonds is 5. The van der Waals surface area contributed by atoms with E-state index in [2.05, 4.69) is 25.7 Å². The van der Waals surface area contributed by atoms with E-state index in [4.69, 9.17) is 10.2 Å². The molecule has 0 aliphatic rings. The summed E-state index contributed by atoms with van der Waals surface area (Å²) in [6.07, 6.45) is 4.28. The first-order chi connectivity index (χ1) is 12.5. The minimum Gasteiger partial charge on any atom is -0.444 e. The first-order valence-corrected chi connectivity index (χ1v) is 7.78. The number of nitrogen functional groups attached to an aromatic ring is 1. The third kappa shape index (κ3) is 3.53. The lowest BCUT2D eigenvalue weighted by Gasteiger charge is -2.03. The van der Waals surface area contributed by atoms with Gasteiger partial charge in [-0.25, -0.2) is 9.97 Å². The van der Waals surface area contributed by atoms with Crippen LogP contribution < -0.4 is 16.4 Å². The van der Waals surface area contributed by atoms with E-state index in [0.29, 0.717) is 17.9 Å². The summed E-state index contributed by atoms with van der Waals surface area (Å²) in [5, 5.41) is 9.33. The van der Waals surface area contributed by atoms with Crippen molar-refractivity contribution >= 4 is 23.3 Å². The van der Waals surface area contributed by atoms with Gasteiger partial charge in [0.1, 0.15) is 12.1 Å². The van der Waals surface area contributed by atoms with Gasteiger partial charge in [-0.05, 0) is 19.1 Å². The normalized spacial score (nSPS) is 10.5. The Labute approximate surface area is 148 Å². The fourth-order valence-corrected chi connectivity index (χ4v) is 2.27. The van der Waals surface area contributed by atoms with Gasteiger partial charge in [0.05, 0.1) is 5.69 Å². The van der Waals surface area contributed by atoms with E-state index >= 15 is 0 Å². The Bertz CT molecular complexity index is 960. The Morgan fingerprint density at radius 3 is 2.88 bits per heavy atom. The third-order valence-electron chi connectivity index (χ3n) is 3.39. The lowest BCUT2D eigenvalue weighted by Crippen LogP contribution is -2.25. The maximum atomic E-state index is 12.4. The summed E-state index contributed by atoms with van der Waals surface area (Å²) in [7, 11) is 1.65.